The number of rotatable bonds is 3. The van der Waals surface area contributed by atoms with Crippen molar-refractivity contribution in [3.05, 3.63) is 0 Å². The quantitative estimate of drug-likeness (QED) is 0.384. The highest BCUT2D eigenvalue weighted by atomic mass is 15.2. The molecule has 0 aromatic heterocycles. The van der Waals surface area contributed by atoms with E-state index >= 15 is 0 Å². The zero-order valence-electron chi connectivity index (χ0n) is 6.40. The normalized spacial score (nSPS) is 26.7. The molecule has 1 aliphatic rings. The first-order chi connectivity index (χ1) is 4.93. The Balaban J connectivity index is 2.02. The molecule has 1 atom stereocenters. The van der Waals surface area contributed by atoms with E-state index in [1.54, 1.807) is 0 Å². The Bertz CT molecular complexity index is 78.9. The SMILES string of the molecule is NNCCC1CCCCN1. The number of hydrogen-bond donors (Lipinski definition) is 3. The lowest BCUT2D eigenvalue weighted by molar-refractivity contribution is 0.377. The van der Waals surface area contributed by atoms with Crippen molar-refractivity contribution in [2.45, 2.75) is 31.7 Å². The van der Waals surface area contributed by atoms with E-state index in [2.05, 4.69) is 10.7 Å². The van der Waals surface area contributed by atoms with E-state index < -0.39 is 0 Å². The highest BCUT2D eigenvalue weighted by Crippen LogP contribution is 2.08. The molecule has 0 spiro atoms. The fourth-order valence-electron chi connectivity index (χ4n) is 1.43. The Hall–Kier alpha value is -0.120. The molecule has 0 amide bonds. The van der Waals surface area contributed by atoms with Crippen LogP contribution in [0.15, 0.2) is 0 Å². The molecule has 0 saturated carbocycles. The molecule has 60 valence electrons. The molecule has 3 heteroatoms. The van der Waals surface area contributed by atoms with E-state index in [9.17, 15) is 0 Å². The van der Waals surface area contributed by atoms with Gasteiger partial charge in [-0.2, -0.15) is 0 Å². The van der Waals surface area contributed by atoms with Crippen LogP contribution in [0, 0.1) is 0 Å². The van der Waals surface area contributed by atoms with Crippen LogP contribution < -0.4 is 16.6 Å². The van der Waals surface area contributed by atoms with Crippen molar-refractivity contribution in [1.82, 2.24) is 10.7 Å². The summed E-state index contributed by atoms with van der Waals surface area (Å²) in [6.45, 7) is 2.12. The first-order valence-electron chi connectivity index (χ1n) is 4.10. The van der Waals surface area contributed by atoms with Crippen LogP contribution in [0.2, 0.25) is 0 Å². The molecule has 0 aliphatic carbocycles. The summed E-state index contributed by atoms with van der Waals surface area (Å²) in [7, 11) is 0. The Kier molecular flexibility index (Phi) is 3.72. The Labute approximate surface area is 62.3 Å². The van der Waals surface area contributed by atoms with Gasteiger partial charge in [0.1, 0.15) is 0 Å². The molecule has 4 N–H and O–H groups in total. The summed E-state index contributed by atoms with van der Waals surface area (Å²) in [6, 6.07) is 0.713. The third kappa shape index (κ3) is 2.64. The molecule has 0 bridgehead atoms. The van der Waals surface area contributed by atoms with Crippen molar-refractivity contribution in [3.8, 4) is 0 Å². The maximum absolute atomic E-state index is 5.17. The zero-order chi connectivity index (χ0) is 7.23. The smallest absolute Gasteiger partial charge is 0.0112 e. The largest absolute Gasteiger partial charge is 0.314 e. The minimum Gasteiger partial charge on any atom is -0.314 e. The number of hydrogen-bond acceptors (Lipinski definition) is 3. The van der Waals surface area contributed by atoms with E-state index in [4.69, 9.17) is 5.84 Å². The van der Waals surface area contributed by atoms with Crippen molar-refractivity contribution < 1.29 is 0 Å². The van der Waals surface area contributed by atoms with Crippen molar-refractivity contribution in [2.75, 3.05) is 13.1 Å². The van der Waals surface area contributed by atoms with Crippen LogP contribution in [-0.2, 0) is 0 Å². The summed E-state index contributed by atoms with van der Waals surface area (Å²) in [4.78, 5) is 0. The van der Waals surface area contributed by atoms with Crippen LogP contribution in [0.5, 0.6) is 0 Å². The summed E-state index contributed by atoms with van der Waals surface area (Å²) in [5.74, 6) is 5.17. The summed E-state index contributed by atoms with van der Waals surface area (Å²) in [6.07, 6.45) is 5.20. The molecular formula is C7H17N3. The lowest BCUT2D eigenvalue weighted by atomic mass is 10.0. The van der Waals surface area contributed by atoms with Gasteiger partial charge in [-0.05, 0) is 25.8 Å². The highest BCUT2D eigenvalue weighted by Gasteiger charge is 2.10. The third-order valence-electron chi connectivity index (χ3n) is 2.05. The molecule has 10 heavy (non-hydrogen) atoms. The standard InChI is InChI=1S/C7H17N3/c8-10-6-4-7-3-1-2-5-9-7/h7,9-10H,1-6,8H2. The Morgan fingerprint density at radius 1 is 1.50 bits per heavy atom. The molecule has 1 fully saturated rings. The Morgan fingerprint density at radius 2 is 2.40 bits per heavy atom. The lowest BCUT2D eigenvalue weighted by Gasteiger charge is -2.22. The van der Waals surface area contributed by atoms with Gasteiger partial charge in [-0.3, -0.25) is 11.3 Å². The maximum Gasteiger partial charge on any atom is 0.0112 e. The van der Waals surface area contributed by atoms with Crippen molar-refractivity contribution >= 4 is 0 Å². The van der Waals surface area contributed by atoms with Crippen molar-refractivity contribution in [2.24, 2.45) is 5.84 Å². The van der Waals surface area contributed by atoms with E-state index in [0.29, 0.717) is 6.04 Å². The average Bonchev–Trinajstić information content (AvgIpc) is 2.03. The molecular weight excluding hydrogens is 126 g/mol. The predicted octanol–water partition coefficient (Wildman–Crippen LogP) is -0.0181. The molecule has 1 rings (SSSR count). The first kappa shape index (κ1) is 7.98. The van der Waals surface area contributed by atoms with Gasteiger partial charge in [0.2, 0.25) is 0 Å². The molecule has 1 heterocycles. The summed E-state index contributed by atoms with van der Waals surface area (Å²) in [5.41, 5.74) is 2.67. The van der Waals surface area contributed by atoms with Gasteiger partial charge < -0.3 is 5.32 Å². The van der Waals surface area contributed by atoms with Crippen LogP contribution in [-0.4, -0.2) is 19.1 Å². The van der Waals surface area contributed by atoms with E-state index in [0.717, 1.165) is 13.0 Å². The molecule has 0 radical (unpaired) electrons. The molecule has 3 nitrogen and oxygen atoms in total. The number of nitrogens with one attached hydrogen (secondary N) is 2. The maximum atomic E-state index is 5.17. The molecule has 0 aromatic rings. The van der Waals surface area contributed by atoms with Gasteiger partial charge in [0.25, 0.3) is 0 Å². The van der Waals surface area contributed by atoms with Gasteiger partial charge in [-0.1, -0.05) is 6.42 Å². The second-order valence-electron chi connectivity index (χ2n) is 2.89. The lowest BCUT2D eigenvalue weighted by Crippen LogP contribution is -2.37. The summed E-state index contributed by atoms with van der Waals surface area (Å²) < 4.78 is 0. The second-order valence-corrected chi connectivity index (χ2v) is 2.89. The van der Waals surface area contributed by atoms with Gasteiger partial charge >= 0.3 is 0 Å². The van der Waals surface area contributed by atoms with E-state index in [1.807, 2.05) is 0 Å². The number of nitrogens with two attached hydrogens (primary N) is 1. The van der Waals surface area contributed by atoms with Gasteiger partial charge in [0.15, 0.2) is 0 Å². The van der Waals surface area contributed by atoms with E-state index in [-0.39, 0.29) is 0 Å². The average molecular weight is 143 g/mol. The number of piperidine rings is 1. The first-order valence-corrected chi connectivity index (χ1v) is 4.10. The van der Waals surface area contributed by atoms with Crippen molar-refractivity contribution in [1.29, 1.82) is 0 Å². The van der Waals surface area contributed by atoms with Gasteiger partial charge in [0.05, 0.1) is 0 Å². The van der Waals surface area contributed by atoms with Crippen LogP contribution in [0.4, 0.5) is 0 Å². The van der Waals surface area contributed by atoms with Gasteiger partial charge in [-0.15, -0.1) is 0 Å². The highest BCUT2D eigenvalue weighted by molar-refractivity contribution is 4.71. The van der Waals surface area contributed by atoms with Crippen LogP contribution >= 0.6 is 0 Å². The fourth-order valence-corrected chi connectivity index (χ4v) is 1.43. The summed E-state index contributed by atoms with van der Waals surface area (Å²) >= 11 is 0. The van der Waals surface area contributed by atoms with Crippen LogP contribution in [0.3, 0.4) is 0 Å². The van der Waals surface area contributed by atoms with Gasteiger partial charge in [0, 0.05) is 12.6 Å². The Morgan fingerprint density at radius 3 is 3.00 bits per heavy atom. The van der Waals surface area contributed by atoms with Crippen LogP contribution in [0.25, 0.3) is 0 Å². The molecule has 1 saturated heterocycles. The van der Waals surface area contributed by atoms with Crippen molar-refractivity contribution in [3.63, 3.8) is 0 Å². The second kappa shape index (κ2) is 4.66. The molecule has 1 aliphatic heterocycles. The molecule has 1 unspecified atom stereocenters. The summed E-state index contributed by atoms with van der Waals surface area (Å²) in [5, 5.41) is 3.46. The predicted molar refractivity (Wildman–Crippen MR) is 42.4 cm³/mol. The van der Waals surface area contributed by atoms with Gasteiger partial charge in [-0.25, -0.2) is 0 Å². The zero-order valence-corrected chi connectivity index (χ0v) is 6.40. The molecule has 0 aromatic carbocycles. The minimum atomic E-state index is 0.713. The fraction of sp³-hybridized carbons (Fsp3) is 1.00. The van der Waals surface area contributed by atoms with Crippen LogP contribution in [0.1, 0.15) is 25.7 Å². The topological polar surface area (TPSA) is 50.1 Å². The van der Waals surface area contributed by atoms with E-state index in [1.165, 1.54) is 25.8 Å². The third-order valence-corrected chi connectivity index (χ3v) is 2.05. The minimum absolute atomic E-state index is 0.713. The number of hydrazine groups is 1. The monoisotopic (exact) mass is 143 g/mol.